The van der Waals surface area contributed by atoms with Crippen LogP contribution in [0.3, 0.4) is 0 Å². The van der Waals surface area contributed by atoms with Crippen LogP contribution in [-0.2, 0) is 0 Å². The van der Waals surface area contributed by atoms with Crippen LogP contribution >= 0.6 is 0 Å². The van der Waals surface area contributed by atoms with Crippen molar-refractivity contribution in [2.75, 3.05) is 0 Å². The summed E-state index contributed by atoms with van der Waals surface area (Å²) in [4.78, 5) is 15.5. The molecule has 0 saturated heterocycles. The Morgan fingerprint density at radius 1 is 0.241 bits per heavy atom. The van der Waals surface area contributed by atoms with Crippen molar-refractivity contribution in [2.24, 2.45) is 0 Å². The van der Waals surface area contributed by atoms with Crippen LogP contribution in [0.5, 0.6) is 0 Å². The lowest BCUT2D eigenvalue weighted by molar-refractivity contribution is 1.18. The van der Waals surface area contributed by atoms with Gasteiger partial charge in [0.25, 0.3) is 0 Å². The molecule has 0 unspecified atom stereocenters. The maximum absolute atomic E-state index is 5.31. The second-order valence-electron chi connectivity index (χ2n) is 14.8. The van der Waals surface area contributed by atoms with E-state index in [1.54, 1.807) is 0 Å². The summed E-state index contributed by atoms with van der Waals surface area (Å²) in [6, 6.07) is 75.2. The van der Waals surface area contributed by atoms with E-state index in [2.05, 4.69) is 176 Å². The van der Waals surface area contributed by atoms with Gasteiger partial charge in [-0.3, -0.25) is 0 Å². The molecule has 0 radical (unpaired) electrons. The molecule has 0 bridgehead atoms. The van der Waals surface area contributed by atoms with E-state index >= 15 is 0 Å². The number of aromatic nitrogens is 3. The minimum Gasteiger partial charge on any atom is -0.248 e. The second kappa shape index (κ2) is 14.1. The van der Waals surface area contributed by atoms with Gasteiger partial charge in [-0.1, -0.05) is 176 Å². The first-order chi connectivity index (χ1) is 28.7. The third-order valence-electron chi connectivity index (χ3n) is 11.3. The average molecular weight is 738 g/mol. The minimum absolute atomic E-state index is 0.689. The Balaban J connectivity index is 1.08. The van der Waals surface area contributed by atoms with Gasteiger partial charge in [-0.25, -0.2) is 15.0 Å². The molecule has 0 fully saturated rings. The molecule has 0 aliphatic rings. The van der Waals surface area contributed by atoms with Crippen molar-refractivity contribution in [1.29, 1.82) is 0 Å². The summed E-state index contributed by atoms with van der Waals surface area (Å²) in [7, 11) is 0. The summed E-state index contributed by atoms with van der Waals surface area (Å²) in [5.74, 6) is 0.689. The topological polar surface area (TPSA) is 38.7 Å². The molecule has 11 rings (SSSR count). The van der Waals surface area contributed by atoms with Crippen molar-refractivity contribution >= 4 is 43.2 Å². The summed E-state index contributed by atoms with van der Waals surface area (Å²) >= 11 is 0. The first-order valence-corrected chi connectivity index (χ1v) is 19.7. The van der Waals surface area contributed by atoms with E-state index < -0.39 is 0 Å². The zero-order valence-electron chi connectivity index (χ0n) is 31.5. The standard InChI is InChI=1S/C55H35N3/c1-3-14-38(15-4-1)53-35-54(39-16-5-2-6-17-39)58-55(57-53)40-26-24-37(25-27-40)49-34-52(44-28-23-36-13-7-8-18-41(36)31-44)56-51-30-29-43(33-50(49)51)48-32-42-19-9-10-20-45(42)46-21-11-12-22-47(46)48/h1-35H. The van der Waals surface area contributed by atoms with E-state index in [1.165, 1.54) is 37.9 Å². The molecule has 0 saturated carbocycles. The fraction of sp³-hybridized carbons (Fsp3) is 0. The molecule has 58 heavy (non-hydrogen) atoms. The number of hydrogen-bond donors (Lipinski definition) is 0. The molecular weight excluding hydrogens is 703 g/mol. The van der Waals surface area contributed by atoms with Gasteiger partial charge in [0, 0.05) is 27.6 Å². The Labute approximate surface area is 336 Å². The molecule has 2 aromatic heterocycles. The fourth-order valence-corrected chi connectivity index (χ4v) is 8.31. The zero-order chi connectivity index (χ0) is 38.4. The van der Waals surface area contributed by atoms with Crippen LogP contribution in [0.4, 0.5) is 0 Å². The summed E-state index contributed by atoms with van der Waals surface area (Å²) < 4.78 is 0. The quantitative estimate of drug-likeness (QED) is 0.160. The molecule has 11 aromatic rings. The Bertz CT molecular complexity index is 3260. The third kappa shape index (κ3) is 6.07. The molecular formula is C55H35N3. The van der Waals surface area contributed by atoms with Gasteiger partial charge in [-0.15, -0.1) is 0 Å². The number of rotatable bonds is 6. The van der Waals surface area contributed by atoms with Crippen molar-refractivity contribution in [3.8, 4) is 67.4 Å². The summed E-state index contributed by atoms with van der Waals surface area (Å²) in [5.41, 5.74) is 12.4. The highest BCUT2D eigenvalue weighted by Crippen LogP contribution is 2.40. The van der Waals surface area contributed by atoms with Crippen molar-refractivity contribution < 1.29 is 0 Å². The van der Waals surface area contributed by atoms with Gasteiger partial charge in [0.2, 0.25) is 0 Å². The predicted octanol–water partition coefficient (Wildman–Crippen LogP) is 14.5. The summed E-state index contributed by atoms with van der Waals surface area (Å²) in [6.07, 6.45) is 0. The highest BCUT2D eigenvalue weighted by molar-refractivity contribution is 6.14. The molecule has 0 N–H and O–H groups in total. The van der Waals surface area contributed by atoms with Gasteiger partial charge >= 0.3 is 0 Å². The number of hydrogen-bond acceptors (Lipinski definition) is 3. The maximum Gasteiger partial charge on any atom is 0.160 e. The Morgan fingerprint density at radius 3 is 1.50 bits per heavy atom. The summed E-state index contributed by atoms with van der Waals surface area (Å²) in [5, 5.41) is 8.49. The molecule has 0 aliphatic carbocycles. The predicted molar refractivity (Wildman–Crippen MR) is 242 cm³/mol. The first kappa shape index (κ1) is 33.6. The molecule has 3 heteroatoms. The summed E-state index contributed by atoms with van der Waals surface area (Å²) in [6.45, 7) is 0. The number of pyridine rings is 1. The first-order valence-electron chi connectivity index (χ1n) is 19.7. The highest BCUT2D eigenvalue weighted by Gasteiger charge is 2.16. The monoisotopic (exact) mass is 737 g/mol. The number of nitrogens with zero attached hydrogens (tertiary/aromatic N) is 3. The normalized spacial score (nSPS) is 11.4. The molecule has 0 spiro atoms. The minimum atomic E-state index is 0.689. The molecule has 0 aliphatic heterocycles. The van der Waals surface area contributed by atoms with Crippen molar-refractivity contribution in [3.05, 3.63) is 212 Å². The highest BCUT2D eigenvalue weighted by atomic mass is 14.9. The number of benzene rings is 9. The van der Waals surface area contributed by atoms with Crippen LogP contribution in [0.25, 0.3) is 111 Å². The van der Waals surface area contributed by atoms with Crippen molar-refractivity contribution in [2.45, 2.75) is 0 Å². The van der Waals surface area contributed by atoms with Gasteiger partial charge in [-0.2, -0.15) is 0 Å². The van der Waals surface area contributed by atoms with Crippen molar-refractivity contribution in [1.82, 2.24) is 15.0 Å². The second-order valence-corrected chi connectivity index (χ2v) is 14.8. The van der Waals surface area contributed by atoms with Crippen LogP contribution < -0.4 is 0 Å². The molecule has 0 amide bonds. The lowest BCUT2D eigenvalue weighted by atomic mass is 9.91. The Morgan fingerprint density at radius 2 is 0.776 bits per heavy atom. The molecule has 9 aromatic carbocycles. The molecule has 2 heterocycles. The molecule has 3 nitrogen and oxygen atoms in total. The van der Waals surface area contributed by atoms with E-state index in [4.69, 9.17) is 15.0 Å². The molecule has 0 atom stereocenters. The molecule has 270 valence electrons. The van der Waals surface area contributed by atoms with Crippen LogP contribution in [0.15, 0.2) is 212 Å². The lowest BCUT2D eigenvalue weighted by Gasteiger charge is -2.15. The lowest BCUT2D eigenvalue weighted by Crippen LogP contribution is -1.96. The van der Waals surface area contributed by atoms with E-state index in [0.717, 1.165) is 66.9 Å². The van der Waals surface area contributed by atoms with Gasteiger partial charge in [0.15, 0.2) is 5.82 Å². The van der Waals surface area contributed by atoms with Crippen molar-refractivity contribution in [3.63, 3.8) is 0 Å². The van der Waals surface area contributed by atoms with E-state index in [1.807, 2.05) is 36.4 Å². The van der Waals surface area contributed by atoms with Crippen LogP contribution in [0, 0.1) is 0 Å². The SMILES string of the molecule is c1ccc(-c2cc(-c3ccccc3)nc(-c3ccc(-c4cc(-c5ccc6ccccc6c5)nc5ccc(-c6cc7ccccc7c7ccccc67)cc45)cc3)n2)cc1. The Kier molecular flexibility index (Phi) is 8.15. The number of fused-ring (bicyclic) bond motifs is 5. The average Bonchev–Trinajstić information content (AvgIpc) is 3.31. The smallest absolute Gasteiger partial charge is 0.160 e. The van der Waals surface area contributed by atoms with Gasteiger partial charge in [0.05, 0.1) is 22.6 Å². The van der Waals surface area contributed by atoms with E-state index in [-0.39, 0.29) is 0 Å². The van der Waals surface area contributed by atoms with E-state index in [9.17, 15) is 0 Å². The van der Waals surface area contributed by atoms with Gasteiger partial charge in [0.1, 0.15) is 0 Å². The van der Waals surface area contributed by atoms with E-state index in [0.29, 0.717) is 5.82 Å². The maximum atomic E-state index is 5.31. The van der Waals surface area contributed by atoms with Gasteiger partial charge < -0.3 is 0 Å². The van der Waals surface area contributed by atoms with Crippen LogP contribution in [-0.4, -0.2) is 15.0 Å². The van der Waals surface area contributed by atoms with Crippen LogP contribution in [0.2, 0.25) is 0 Å². The van der Waals surface area contributed by atoms with Gasteiger partial charge in [-0.05, 0) is 91.0 Å². The fourth-order valence-electron chi connectivity index (χ4n) is 8.31. The third-order valence-corrected chi connectivity index (χ3v) is 11.3. The largest absolute Gasteiger partial charge is 0.248 e. The zero-order valence-corrected chi connectivity index (χ0v) is 31.5. The van der Waals surface area contributed by atoms with Crippen LogP contribution in [0.1, 0.15) is 0 Å². The Hall–Kier alpha value is -7.75.